The number of halogens is 5. The molecule has 0 saturated heterocycles. The summed E-state index contributed by atoms with van der Waals surface area (Å²) in [6.45, 7) is 2.09. The van der Waals surface area contributed by atoms with Crippen molar-refractivity contribution in [3.05, 3.63) is 88.4 Å². The van der Waals surface area contributed by atoms with Gasteiger partial charge in [-0.3, -0.25) is 0 Å². The molecular weight excluding hydrogens is 662 g/mol. The first kappa shape index (κ1) is 32.7. The third-order valence-electron chi connectivity index (χ3n) is 6.06. The predicted octanol–water partition coefficient (Wildman–Crippen LogP) is 10.00. The number of fused-ring (bicyclic) bond motifs is 4. The zero-order valence-electron chi connectivity index (χ0n) is 22.9. The molecule has 0 fully saturated rings. The van der Waals surface area contributed by atoms with Gasteiger partial charge in [0.05, 0.1) is 24.7 Å². The van der Waals surface area contributed by atoms with Gasteiger partial charge in [0.2, 0.25) is 5.75 Å². The minimum atomic E-state index is -1.61. The fourth-order valence-electron chi connectivity index (χ4n) is 4.38. The van der Waals surface area contributed by atoms with E-state index in [4.69, 9.17) is 71.6 Å². The minimum Gasteiger partial charge on any atom is -0.490 e. The van der Waals surface area contributed by atoms with Crippen LogP contribution in [0.1, 0.15) is 6.42 Å². The molecule has 5 aromatic rings. The molecule has 0 N–H and O–H groups in total. The number of para-hydroxylation sites is 1. The van der Waals surface area contributed by atoms with Crippen molar-refractivity contribution in [2.45, 2.75) is 19.5 Å². The Bertz CT molecular complexity index is 1710. The van der Waals surface area contributed by atoms with E-state index >= 15 is 0 Å². The van der Waals surface area contributed by atoms with Crippen LogP contribution in [0.25, 0.3) is 21.9 Å². The lowest BCUT2D eigenvalue weighted by molar-refractivity contribution is 0.402. The molecule has 0 unspecified atom stereocenters. The Kier molecular flexibility index (Phi) is 11.3. The maximum absolute atomic E-state index is 11.2. The standard InChI is InChI=1S/C17H19ClN2S.C12H8O4.CCl4/c1-19(2)10-5-11-20-14-6-3-4-7-16(14)21-17-9-8-13(18)12-15(17)20;1-14-12-10-8(4-5-15-10)6-7-2-3-9(13)16-11(7)12;2-1(3,4)5/h3-4,6-9,12H,5,10-11H2,1-2H3;2-6H,1H3;. The molecule has 0 atom stereocenters. The molecule has 0 spiro atoms. The Hall–Kier alpha value is -2.23. The number of hydrogen-bond acceptors (Lipinski definition) is 7. The molecule has 12 heteroatoms. The summed E-state index contributed by atoms with van der Waals surface area (Å²) in [7, 11) is 5.75. The van der Waals surface area contributed by atoms with Crippen LogP contribution in [0, 0.1) is 0 Å². The number of anilines is 2. The summed E-state index contributed by atoms with van der Waals surface area (Å²) in [5.41, 5.74) is 3.11. The van der Waals surface area contributed by atoms with Gasteiger partial charge >= 0.3 is 5.63 Å². The van der Waals surface area contributed by atoms with E-state index in [0.717, 1.165) is 35.3 Å². The molecule has 0 amide bonds. The lowest BCUT2D eigenvalue weighted by Gasteiger charge is -2.33. The third kappa shape index (κ3) is 8.66. The van der Waals surface area contributed by atoms with Crippen molar-refractivity contribution in [3.8, 4) is 5.75 Å². The molecule has 2 aromatic heterocycles. The zero-order chi connectivity index (χ0) is 30.4. The van der Waals surface area contributed by atoms with Crippen LogP contribution in [0.4, 0.5) is 11.4 Å². The average molecular weight is 689 g/mol. The first-order valence-electron chi connectivity index (χ1n) is 12.7. The smallest absolute Gasteiger partial charge is 0.336 e. The van der Waals surface area contributed by atoms with E-state index < -0.39 is 8.88 Å². The topological polar surface area (TPSA) is 59.1 Å². The molecule has 0 saturated carbocycles. The number of furan rings is 1. The van der Waals surface area contributed by atoms with Gasteiger partial charge in [0, 0.05) is 38.2 Å². The zero-order valence-corrected chi connectivity index (χ0v) is 27.5. The molecule has 0 bridgehead atoms. The molecule has 222 valence electrons. The van der Waals surface area contributed by atoms with Crippen LogP contribution >= 0.6 is 69.8 Å². The van der Waals surface area contributed by atoms with E-state index in [9.17, 15) is 4.79 Å². The lowest BCUT2D eigenvalue weighted by Crippen LogP contribution is -2.25. The van der Waals surface area contributed by atoms with Crippen molar-refractivity contribution < 1.29 is 13.6 Å². The van der Waals surface area contributed by atoms with E-state index in [1.54, 1.807) is 12.3 Å². The van der Waals surface area contributed by atoms with Crippen LogP contribution in [0.5, 0.6) is 5.75 Å². The van der Waals surface area contributed by atoms with Gasteiger partial charge in [-0.25, -0.2) is 4.79 Å². The molecule has 42 heavy (non-hydrogen) atoms. The molecule has 3 aromatic carbocycles. The number of rotatable bonds is 5. The van der Waals surface area contributed by atoms with Gasteiger partial charge in [-0.05, 0) is 75.6 Å². The summed E-state index contributed by atoms with van der Waals surface area (Å²) < 4.78 is 14.0. The SMILES string of the molecule is CN(C)CCCN1c2ccccc2Sc2ccc(Cl)cc21.COc1c2occc2cc2ccc(=O)oc12.ClC(Cl)(Cl)Cl. The van der Waals surface area contributed by atoms with Crippen LogP contribution in [0.3, 0.4) is 0 Å². The van der Waals surface area contributed by atoms with Crippen molar-refractivity contribution in [2.75, 3.05) is 39.2 Å². The van der Waals surface area contributed by atoms with E-state index in [1.807, 2.05) is 30.0 Å². The number of benzene rings is 3. The van der Waals surface area contributed by atoms with Gasteiger partial charge in [-0.15, -0.1) is 0 Å². The average Bonchev–Trinajstić information content (AvgIpc) is 3.39. The highest BCUT2D eigenvalue weighted by molar-refractivity contribution is 7.99. The second-order valence-corrected chi connectivity index (χ2v) is 14.3. The van der Waals surface area contributed by atoms with Crippen molar-refractivity contribution in [1.82, 2.24) is 4.90 Å². The van der Waals surface area contributed by atoms with Gasteiger partial charge in [-0.2, -0.15) is 0 Å². The summed E-state index contributed by atoms with van der Waals surface area (Å²) in [6.07, 6.45) is 2.70. The summed E-state index contributed by atoms with van der Waals surface area (Å²) >= 11 is 27.3. The monoisotopic (exact) mass is 686 g/mol. The second-order valence-electron chi connectivity index (χ2n) is 9.34. The van der Waals surface area contributed by atoms with Crippen LogP contribution in [-0.4, -0.2) is 42.4 Å². The minimum absolute atomic E-state index is 0.406. The second kappa shape index (κ2) is 14.5. The Morgan fingerprint density at radius 3 is 2.31 bits per heavy atom. The van der Waals surface area contributed by atoms with Gasteiger partial charge in [-0.1, -0.05) is 81.9 Å². The number of ether oxygens (including phenoxy) is 1. The quantitative estimate of drug-likeness (QED) is 0.135. The van der Waals surface area contributed by atoms with E-state index in [2.05, 4.69) is 60.3 Å². The van der Waals surface area contributed by atoms with Crippen molar-refractivity contribution >= 4 is 103 Å². The summed E-state index contributed by atoms with van der Waals surface area (Å²) in [5.74, 6) is 0.454. The largest absolute Gasteiger partial charge is 0.490 e. The third-order valence-corrected chi connectivity index (χ3v) is 7.43. The summed E-state index contributed by atoms with van der Waals surface area (Å²) in [6, 6.07) is 21.6. The van der Waals surface area contributed by atoms with Gasteiger partial charge in [0.1, 0.15) is 0 Å². The van der Waals surface area contributed by atoms with Gasteiger partial charge < -0.3 is 23.4 Å². The Morgan fingerprint density at radius 1 is 0.905 bits per heavy atom. The fraction of sp³-hybridized carbons (Fsp3) is 0.233. The summed E-state index contributed by atoms with van der Waals surface area (Å²) in [4.78, 5) is 18.4. The number of hydrogen-bond donors (Lipinski definition) is 0. The predicted molar refractivity (Wildman–Crippen MR) is 177 cm³/mol. The number of alkyl halides is 4. The molecule has 1 aliphatic heterocycles. The molecule has 1 aliphatic rings. The highest BCUT2D eigenvalue weighted by atomic mass is 35.6. The summed E-state index contributed by atoms with van der Waals surface area (Å²) in [5, 5.41) is 2.52. The van der Waals surface area contributed by atoms with E-state index in [0.29, 0.717) is 16.9 Å². The van der Waals surface area contributed by atoms with Crippen molar-refractivity contribution in [3.63, 3.8) is 0 Å². The van der Waals surface area contributed by atoms with Crippen LogP contribution in [0.15, 0.2) is 96.4 Å². The van der Waals surface area contributed by atoms with Gasteiger partial charge in [0.25, 0.3) is 3.25 Å². The number of nitrogens with zero attached hydrogens (tertiary/aromatic N) is 2. The van der Waals surface area contributed by atoms with Crippen molar-refractivity contribution in [2.24, 2.45) is 0 Å². The normalized spacial score (nSPS) is 12.3. The molecule has 0 radical (unpaired) electrons. The Morgan fingerprint density at radius 2 is 1.60 bits per heavy atom. The fourth-order valence-corrected chi connectivity index (χ4v) is 5.62. The van der Waals surface area contributed by atoms with E-state index in [1.165, 1.54) is 34.3 Å². The molecule has 6 rings (SSSR count). The Labute approximate surface area is 273 Å². The maximum Gasteiger partial charge on any atom is 0.336 e. The lowest BCUT2D eigenvalue weighted by atomic mass is 10.1. The molecular formula is C30H27Cl5N2O4S. The first-order valence-corrected chi connectivity index (χ1v) is 15.4. The van der Waals surface area contributed by atoms with Gasteiger partial charge in [0.15, 0.2) is 11.2 Å². The van der Waals surface area contributed by atoms with Crippen LogP contribution < -0.4 is 15.3 Å². The van der Waals surface area contributed by atoms with Crippen molar-refractivity contribution in [1.29, 1.82) is 0 Å². The van der Waals surface area contributed by atoms with Crippen LogP contribution in [-0.2, 0) is 0 Å². The maximum atomic E-state index is 11.2. The highest BCUT2D eigenvalue weighted by Crippen LogP contribution is 2.48. The number of methoxy groups -OCH3 is 1. The Balaban J connectivity index is 0.000000171. The van der Waals surface area contributed by atoms with Crippen LogP contribution in [0.2, 0.25) is 5.02 Å². The first-order chi connectivity index (χ1) is 19.9. The molecule has 3 heterocycles. The van der Waals surface area contributed by atoms with E-state index in [-0.39, 0.29) is 0 Å². The molecule has 0 aliphatic carbocycles. The highest BCUT2D eigenvalue weighted by Gasteiger charge is 2.23. The molecule has 6 nitrogen and oxygen atoms in total.